The van der Waals surface area contributed by atoms with E-state index < -0.39 is 0 Å². The molecule has 1 aromatic heterocycles. The van der Waals surface area contributed by atoms with Crippen molar-refractivity contribution in [2.45, 2.75) is 18.9 Å². The average molecular weight is 194 g/mol. The standard InChI is InChI=1S/C10H14N2O2/c11-10-2-1-8(9(5-13)12-10)7-3-4-14-6-7/h1-2,7,13H,3-6H2,(H2,11,12). The lowest BCUT2D eigenvalue weighted by atomic mass is 9.97. The molecule has 0 bridgehead atoms. The Morgan fingerprint density at radius 1 is 1.57 bits per heavy atom. The van der Waals surface area contributed by atoms with Gasteiger partial charge in [0.1, 0.15) is 5.82 Å². The van der Waals surface area contributed by atoms with Gasteiger partial charge < -0.3 is 15.6 Å². The summed E-state index contributed by atoms with van der Waals surface area (Å²) in [5.41, 5.74) is 7.30. The van der Waals surface area contributed by atoms with Gasteiger partial charge in [0.05, 0.1) is 18.9 Å². The number of anilines is 1. The fourth-order valence-electron chi connectivity index (χ4n) is 1.81. The third-order valence-corrected chi connectivity index (χ3v) is 2.55. The summed E-state index contributed by atoms with van der Waals surface area (Å²) in [7, 11) is 0. The molecule has 0 radical (unpaired) electrons. The van der Waals surface area contributed by atoms with Crippen LogP contribution in [0, 0.1) is 0 Å². The van der Waals surface area contributed by atoms with Gasteiger partial charge in [0.25, 0.3) is 0 Å². The lowest BCUT2D eigenvalue weighted by Gasteiger charge is -2.12. The van der Waals surface area contributed by atoms with E-state index in [1.807, 2.05) is 6.07 Å². The lowest BCUT2D eigenvalue weighted by Crippen LogP contribution is -2.06. The number of pyridine rings is 1. The minimum atomic E-state index is -0.0587. The molecule has 0 saturated carbocycles. The zero-order valence-electron chi connectivity index (χ0n) is 7.94. The molecule has 4 heteroatoms. The predicted molar refractivity (Wildman–Crippen MR) is 52.7 cm³/mol. The highest BCUT2D eigenvalue weighted by Crippen LogP contribution is 2.27. The van der Waals surface area contributed by atoms with Gasteiger partial charge in [-0.3, -0.25) is 0 Å². The van der Waals surface area contributed by atoms with Crippen LogP contribution in [0.4, 0.5) is 5.82 Å². The monoisotopic (exact) mass is 194 g/mol. The predicted octanol–water partition coefficient (Wildman–Crippen LogP) is 0.660. The first-order valence-electron chi connectivity index (χ1n) is 4.75. The van der Waals surface area contributed by atoms with E-state index in [4.69, 9.17) is 15.6 Å². The molecule has 1 atom stereocenters. The van der Waals surface area contributed by atoms with Crippen LogP contribution in [0.5, 0.6) is 0 Å². The summed E-state index contributed by atoms with van der Waals surface area (Å²) < 4.78 is 5.30. The van der Waals surface area contributed by atoms with Gasteiger partial charge in [0, 0.05) is 12.5 Å². The molecular formula is C10H14N2O2. The normalized spacial score (nSPS) is 21.4. The van der Waals surface area contributed by atoms with Crippen LogP contribution in [0.1, 0.15) is 23.6 Å². The number of aliphatic hydroxyl groups is 1. The van der Waals surface area contributed by atoms with Crippen molar-refractivity contribution < 1.29 is 9.84 Å². The molecule has 1 unspecified atom stereocenters. The molecule has 3 N–H and O–H groups in total. The molecule has 1 saturated heterocycles. The average Bonchev–Trinajstić information content (AvgIpc) is 2.70. The van der Waals surface area contributed by atoms with E-state index >= 15 is 0 Å². The van der Waals surface area contributed by atoms with Crippen molar-refractivity contribution in [2.24, 2.45) is 0 Å². The van der Waals surface area contributed by atoms with Crippen molar-refractivity contribution in [3.8, 4) is 0 Å². The number of nitrogens with zero attached hydrogens (tertiary/aromatic N) is 1. The SMILES string of the molecule is Nc1ccc(C2CCOC2)c(CO)n1. The van der Waals surface area contributed by atoms with Gasteiger partial charge in [0.15, 0.2) is 0 Å². The maximum absolute atomic E-state index is 9.14. The van der Waals surface area contributed by atoms with Gasteiger partial charge in [-0.15, -0.1) is 0 Å². The summed E-state index contributed by atoms with van der Waals surface area (Å²) in [6.07, 6.45) is 0.999. The molecule has 76 valence electrons. The molecule has 0 amide bonds. The second-order valence-electron chi connectivity index (χ2n) is 3.49. The Bertz CT molecular complexity index is 322. The third-order valence-electron chi connectivity index (χ3n) is 2.55. The highest BCUT2D eigenvalue weighted by Gasteiger charge is 2.20. The van der Waals surface area contributed by atoms with Crippen molar-refractivity contribution in [2.75, 3.05) is 18.9 Å². The van der Waals surface area contributed by atoms with Crippen molar-refractivity contribution in [1.82, 2.24) is 4.98 Å². The van der Waals surface area contributed by atoms with Crippen LogP contribution < -0.4 is 5.73 Å². The first-order chi connectivity index (χ1) is 6.81. The molecule has 0 aliphatic carbocycles. The third kappa shape index (κ3) is 1.71. The van der Waals surface area contributed by atoms with E-state index in [2.05, 4.69) is 4.98 Å². The van der Waals surface area contributed by atoms with Crippen molar-refractivity contribution in [3.63, 3.8) is 0 Å². The molecule has 14 heavy (non-hydrogen) atoms. The molecule has 1 fully saturated rings. The lowest BCUT2D eigenvalue weighted by molar-refractivity contribution is 0.193. The van der Waals surface area contributed by atoms with Crippen LogP contribution in [0.2, 0.25) is 0 Å². The highest BCUT2D eigenvalue weighted by atomic mass is 16.5. The second kappa shape index (κ2) is 3.94. The summed E-state index contributed by atoms with van der Waals surface area (Å²) in [5, 5.41) is 9.14. The first kappa shape index (κ1) is 9.43. The smallest absolute Gasteiger partial charge is 0.123 e. The van der Waals surface area contributed by atoms with E-state index in [0.29, 0.717) is 17.4 Å². The molecular weight excluding hydrogens is 180 g/mol. The Kier molecular flexibility index (Phi) is 2.65. The molecule has 2 rings (SSSR count). The number of aliphatic hydroxyl groups excluding tert-OH is 1. The molecule has 2 heterocycles. The maximum Gasteiger partial charge on any atom is 0.123 e. The van der Waals surface area contributed by atoms with Crippen molar-refractivity contribution in [1.29, 1.82) is 0 Å². The molecule has 1 aliphatic rings. The number of hydrogen-bond donors (Lipinski definition) is 2. The molecule has 0 aromatic carbocycles. The van der Waals surface area contributed by atoms with Crippen LogP contribution in [0.15, 0.2) is 12.1 Å². The topological polar surface area (TPSA) is 68.4 Å². The van der Waals surface area contributed by atoms with Crippen LogP contribution >= 0.6 is 0 Å². The van der Waals surface area contributed by atoms with E-state index in [1.54, 1.807) is 6.07 Å². The second-order valence-corrected chi connectivity index (χ2v) is 3.49. The number of rotatable bonds is 2. The summed E-state index contributed by atoms with van der Waals surface area (Å²) >= 11 is 0. The number of aromatic nitrogens is 1. The number of nitrogen functional groups attached to an aromatic ring is 1. The molecule has 1 aliphatic heterocycles. The quantitative estimate of drug-likeness (QED) is 0.725. The fourth-order valence-corrected chi connectivity index (χ4v) is 1.81. The summed E-state index contributed by atoms with van der Waals surface area (Å²) in [4.78, 5) is 4.11. The molecule has 4 nitrogen and oxygen atoms in total. The van der Waals surface area contributed by atoms with Gasteiger partial charge in [-0.1, -0.05) is 6.07 Å². The summed E-state index contributed by atoms with van der Waals surface area (Å²) in [5.74, 6) is 0.821. The minimum absolute atomic E-state index is 0.0587. The Labute approximate surface area is 82.7 Å². The van der Waals surface area contributed by atoms with Crippen LogP contribution in [0.3, 0.4) is 0 Å². The number of ether oxygens (including phenoxy) is 1. The van der Waals surface area contributed by atoms with E-state index in [0.717, 1.165) is 25.2 Å². The fraction of sp³-hybridized carbons (Fsp3) is 0.500. The van der Waals surface area contributed by atoms with Crippen molar-refractivity contribution in [3.05, 3.63) is 23.4 Å². The van der Waals surface area contributed by atoms with E-state index in [-0.39, 0.29) is 6.61 Å². The largest absolute Gasteiger partial charge is 0.390 e. The highest BCUT2D eigenvalue weighted by molar-refractivity contribution is 5.36. The van der Waals surface area contributed by atoms with Crippen LogP contribution in [-0.2, 0) is 11.3 Å². The first-order valence-corrected chi connectivity index (χ1v) is 4.75. The Hall–Kier alpha value is -1.13. The van der Waals surface area contributed by atoms with Gasteiger partial charge in [-0.05, 0) is 18.1 Å². The number of hydrogen-bond acceptors (Lipinski definition) is 4. The van der Waals surface area contributed by atoms with Crippen LogP contribution in [0.25, 0.3) is 0 Å². The van der Waals surface area contributed by atoms with E-state index in [1.165, 1.54) is 0 Å². The minimum Gasteiger partial charge on any atom is -0.390 e. The Morgan fingerprint density at radius 2 is 2.43 bits per heavy atom. The Morgan fingerprint density at radius 3 is 3.07 bits per heavy atom. The van der Waals surface area contributed by atoms with Gasteiger partial charge in [0.2, 0.25) is 0 Å². The molecule has 0 spiro atoms. The van der Waals surface area contributed by atoms with Crippen LogP contribution in [-0.4, -0.2) is 23.3 Å². The van der Waals surface area contributed by atoms with Gasteiger partial charge >= 0.3 is 0 Å². The van der Waals surface area contributed by atoms with E-state index in [9.17, 15) is 0 Å². The zero-order valence-corrected chi connectivity index (χ0v) is 7.94. The Balaban J connectivity index is 2.31. The summed E-state index contributed by atoms with van der Waals surface area (Å²) in [6, 6.07) is 3.71. The van der Waals surface area contributed by atoms with Crippen molar-refractivity contribution >= 4 is 5.82 Å². The molecule has 1 aromatic rings. The van der Waals surface area contributed by atoms with Gasteiger partial charge in [-0.2, -0.15) is 0 Å². The zero-order chi connectivity index (χ0) is 9.97. The van der Waals surface area contributed by atoms with Gasteiger partial charge in [-0.25, -0.2) is 4.98 Å². The summed E-state index contributed by atoms with van der Waals surface area (Å²) in [6.45, 7) is 1.45. The maximum atomic E-state index is 9.14. The number of nitrogens with two attached hydrogens (primary N) is 1.